The Balaban J connectivity index is 1.37. The standard InChI is InChI=1S/C22H28N2O4S/c1-16-13-19(28-20(16)14-24-10-3-4-11-24)15-29-12-9-23-21(25)17-5-7-18(8-6-17)22(26)27-2/h5-8,13H,3-4,9-12,14-15H2,1-2H3,(H,23,25). The van der Waals surface area contributed by atoms with Crippen LogP contribution in [0.25, 0.3) is 0 Å². The van der Waals surface area contributed by atoms with E-state index in [1.807, 2.05) is 0 Å². The number of aryl methyl sites for hydroxylation is 1. The van der Waals surface area contributed by atoms with Crippen LogP contribution >= 0.6 is 11.8 Å². The Morgan fingerprint density at radius 2 is 1.86 bits per heavy atom. The van der Waals surface area contributed by atoms with Crippen LogP contribution in [0, 0.1) is 6.92 Å². The zero-order valence-corrected chi connectivity index (χ0v) is 17.8. The summed E-state index contributed by atoms with van der Waals surface area (Å²) in [5.74, 6) is 3.10. The van der Waals surface area contributed by atoms with E-state index in [-0.39, 0.29) is 5.91 Å². The fraction of sp³-hybridized carbons (Fsp3) is 0.455. The van der Waals surface area contributed by atoms with Crippen LogP contribution in [0.3, 0.4) is 0 Å². The van der Waals surface area contributed by atoms with Crippen molar-refractivity contribution in [3.8, 4) is 0 Å². The first-order valence-corrected chi connectivity index (χ1v) is 11.1. The molecule has 0 unspecified atom stereocenters. The molecule has 1 fully saturated rings. The third kappa shape index (κ3) is 6.11. The largest absolute Gasteiger partial charge is 0.465 e. The molecule has 29 heavy (non-hydrogen) atoms. The summed E-state index contributed by atoms with van der Waals surface area (Å²) in [7, 11) is 1.33. The number of methoxy groups -OCH3 is 1. The van der Waals surface area contributed by atoms with Crippen LogP contribution in [-0.4, -0.2) is 49.3 Å². The predicted molar refractivity (Wildman–Crippen MR) is 114 cm³/mol. The van der Waals surface area contributed by atoms with Crippen molar-refractivity contribution in [2.24, 2.45) is 0 Å². The maximum absolute atomic E-state index is 12.2. The number of nitrogens with one attached hydrogen (secondary N) is 1. The van der Waals surface area contributed by atoms with E-state index < -0.39 is 5.97 Å². The highest BCUT2D eigenvalue weighted by Gasteiger charge is 2.16. The van der Waals surface area contributed by atoms with E-state index in [1.54, 1.807) is 36.0 Å². The van der Waals surface area contributed by atoms with Crippen molar-refractivity contribution in [1.82, 2.24) is 10.2 Å². The molecule has 1 aromatic carbocycles. The van der Waals surface area contributed by atoms with Crippen LogP contribution in [0.4, 0.5) is 0 Å². The molecule has 3 rings (SSSR count). The summed E-state index contributed by atoms with van der Waals surface area (Å²) in [6.45, 7) is 5.91. The number of rotatable bonds is 9. The average Bonchev–Trinajstić information content (AvgIpc) is 3.37. The minimum Gasteiger partial charge on any atom is -0.465 e. The van der Waals surface area contributed by atoms with Gasteiger partial charge in [0.2, 0.25) is 0 Å². The van der Waals surface area contributed by atoms with Crippen LogP contribution in [0.5, 0.6) is 0 Å². The number of likely N-dealkylation sites (tertiary alicyclic amines) is 1. The summed E-state index contributed by atoms with van der Waals surface area (Å²) < 4.78 is 10.7. The van der Waals surface area contributed by atoms with Gasteiger partial charge in [-0.3, -0.25) is 9.69 Å². The first-order valence-electron chi connectivity index (χ1n) is 9.91. The van der Waals surface area contributed by atoms with Gasteiger partial charge in [0.05, 0.1) is 25.0 Å². The van der Waals surface area contributed by atoms with Crippen LogP contribution in [0.2, 0.25) is 0 Å². The van der Waals surface area contributed by atoms with Crippen molar-refractivity contribution >= 4 is 23.6 Å². The zero-order valence-electron chi connectivity index (χ0n) is 17.0. The van der Waals surface area contributed by atoms with Crippen molar-refractivity contribution < 1.29 is 18.7 Å². The monoisotopic (exact) mass is 416 g/mol. The molecule has 7 heteroatoms. The van der Waals surface area contributed by atoms with Gasteiger partial charge in [-0.25, -0.2) is 4.79 Å². The maximum Gasteiger partial charge on any atom is 0.337 e. The van der Waals surface area contributed by atoms with E-state index in [4.69, 9.17) is 4.42 Å². The summed E-state index contributed by atoms with van der Waals surface area (Å²) in [6.07, 6.45) is 2.56. The quantitative estimate of drug-likeness (QED) is 0.497. The molecule has 2 aromatic rings. The molecule has 1 N–H and O–H groups in total. The number of nitrogens with zero attached hydrogens (tertiary/aromatic N) is 1. The molecule has 0 radical (unpaired) electrons. The summed E-state index contributed by atoms with van der Waals surface area (Å²) >= 11 is 1.73. The molecule has 0 spiro atoms. The number of benzene rings is 1. The molecule has 156 valence electrons. The lowest BCUT2D eigenvalue weighted by Gasteiger charge is -2.12. The Hall–Kier alpha value is -2.25. The smallest absolute Gasteiger partial charge is 0.337 e. The molecule has 2 heterocycles. The number of furan rings is 1. The summed E-state index contributed by atoms with van der Waals surface area (Å²) in [6, 6.07) is 8.56. The van der Waals surface area contributed by atoms with Gasteiger partial charge < -0.3 is 14.5 Å². The van der Waals surface area contributed by atoms with Gasteiger partial charge in [-0.1, -0.05) is 0 Å². The lowest BCUT2D eigenvalue weighted by Crippen LogP contribution is -2.25. The fourth-order valence-electron chi connectivity index (χ4n) is 3.35. The highest BCUT2D eigenvalue weighted by atomic mass is 32.2. The third-order valence-corrected chi connectivity index (χ3v) is 5.96. The molecule has 1 aliphatic heterocycles. The van der Waals surface area contributed by atoms with Crippen molar-refractivity contribution in [2.75, 3.05) is 32.5 Å². The lowest BCUT2D eigenvalue weighted by molar-refractivity contribution is 0.0600. The van der Waals surface area contributed by atoms with Crippen LogP contribution in [0.15, 0.2) is 34.7 Å². The Bertz CT molecular complexity index is 826. The highest BCUT2D eigenvalue weighted by Crippen LogP contribution is 2.22. The van der Waals surface area contributed by atoms with Gasteiger partial charge in [0.15, 0.2) is 0 Å². The van der Waals surface area contributed by atoms with Gasteiger partial charge in [-0.15, -0.1) is 0 Å². The van der Waals surface area contributed by atoms with E-state index >= 15 is 0 Å². The number of carbonyl (C=O) groups is 2. The van der Waals surface area contributed by atoms with Gasteiger partial charge >= 0.3 is 5.97 Å². The van der Waals surface area contributed by atoms with Gasteiger partial charge in [0.1, 0.15) is 11.5 Å². The molecule has 0 atom stereocenters. The zero-order chi connectivity index (χ0) is 20.6. The van der Waals surface area contributed by atoms with Gasteiger partial charge in [0.25, 0.3) is 5.91 Å². The molecule has 0 aliphatic carbocycles. The fourth-order valence-corrected chi connectivity index (χ4v) is 4.08. The summed E-state index contributed by atoms with van der Waals surface area (Å²) in [5.41, 5.74) is 2.17. The molecule has 1 amide bonds. The number of thioether (sulfide) groups is 1. The van der Waals surface area contributed by atoms with Crippen molar-refractivity contribution in [3.05, 3.63) is 58.5 Å². The van der Waals surface area contributed by atoms with Crippen LogP contribution in [-0.2, 0) is 17.0 Å². The second-order valence-corrected chi connectivity index (χ2v) is 8.28. The van der Waals surface area contributed by atoms with Crippen LogP contribution in [0.1, 0.15) is 50.6 Å². The molecular weight excluding hydrogens is 388 g/mol. The molecule has 1 saturated heterocycles. The number of hydrogen-bond donors (Lipinski definition) is 1. The number of hydrogen-bond acceptors (Lipinski definition) is 6. The van der Waals surface area contributed by atoms with E-state index in [1.165, 1.54) is 25.5 Å². The molecule has 6 nitrogen and oxygen atoms in total. The minimum atomic E-state index is -0.412. The second kappa shape index (κ2) is 10.5. The number of esters is 1. The number of carbonyl (C=O) groups excluding carboxylic acids is 2. The van der Waals surface area contributed by atoms with Crippen molar-refractivity contribution in [2.45, 2.75) is 32.1 Å². The topological polar surface area (TPSA) is 71.8 Å². The van der Waals surface area contributed by atoms with E-state index in [9.17, 15) is 9.59 Å². The Morgan fingerprint density at radius 1 is 1.17 bits per heavy atom. The van der Waals surface area contributed by atoms with E-state index in [2.05, 4.69) is 27.9 Å². The average molecular weight is 417 g/mol. The first-order chi connectivity index (χ1) is 14.1. The Kier molecular flexibility index (Phi) is 7.77. The second-order valence-electron chi connectivity index (χ2n) is 7.18. The normalized spacial score (nSPS) is 14.1. The highest BCUT2D eigenvalue weighted by molar-refractivity contribution is 7.98. The van der Waals surface area contributed by atoms with E-state index in [0.29, 0.717) is 17.7 Å². The molecule has 1 aromatic heterocycles. The summed E-state index contributed by atoms with van der Waals surface area (Å²) in [4.78, 5) is 26.1. The third-order valence-electron chi connectivity index (χ3n) is 4.98. The SMILES string of the molecule is COC(=O)c1ccc(C(=O)NCCSCc2cc(C)c(CN3CCCC3)o2)cc1. The maximum atomic E-state index is 12.2. The minimum absolute atomic E-state index is 0.149. The molecular formula is C22H28N2O4S. The predicted octanol–water partition coefficient (Wildman–Crippen LogP) is 3.63. The van der Waals surface area contributed by atoms with Crippen LogP contribution < -0.4 is 5.32 Å². The molecule has 1 aliphatic rings. The van der Waals surface area contributed by atoms with Gasteiger partial charge in [-0.05, 0) is 68.8 Å². The lowest BCUT2D eigenvalue weighted by atomic mass is 10.1. The van der Waals surface area contributed by atoms with Crippen molar-refractivity contribution in [3.63, 3.8) is 0 Å². The summed E-state index contributed by atoms with van der Waals surface area (Å²) in [5, 5.41) is 2.90. The molecule has 0 bridgehead atoms. The van der Waals surface area contributed by atoms with Gasteiger partial charge in [0, 0.05) is 17.9 Å². The Morgan fingerprint density at radius 3 is 2.55 bits per heavy atom. The van der Waals surface area contributed by atoms with Crippen molar-refractivity contribution in [1.29, 1.82) is 0 Å². The number of amides is 1. The first kappa shape index (κ1) is 21.5. The van der Waals surface area contributed by atoms with E-state index in [0.717, 1.165) is 42.7 Å². The molecule has 0 saturated carbocycles. The number of ether oxygens (including phenoxy) is 1. The van der Waals surface area contributed by atoms with Gasteiger partial charge in [-0.2, -0.15) is 11.8 Å². The Labute approximate surface area is 176 Å².